The summed E-state index contributed by atoms with van der Waals surface area (Å²) in [5.74, 6) is 2.98. The number of piperidine rings is 1. The number of anilines is 2. The Hall–Kier alpha value is -3.03. The first-order valence-electron chi connectivity index (χ1n) is 11.0. The van der Waals surface area contributed by atoms with Gasteiger partial charge in [0.25, 0.3) is 5.91 Å². The van der Waals surface area contributed by atoms with Crippen LogP contribution in [0.5, 0.6) is 11.5 Å². The second kappa shape index (κ2) is 9.41. The number of aromatic nitrogens is 2. The number of aryl methyl sites for hydroxylation is 1. The van der Waals surface area contributed by atoms with Crippen LogP contribution in [0.3, 0.4) is 0 Å². The normalized spacial score (nSPS) is 16.9. The highest BCUT2D eigenvalue weighted by Gasteiger charge is 2.25. The Morgan fingerprint density at radius 1 is 0.806 bits per heavy atom. The lowest BCUT2D eigenvalue weighted by Crippen LogP contribution is -2.49. The van der Waals surface area contributed by atoms with E-state index in [0.29, 0.717) is 43.2 Å². The maximum Gasteiger partial charge on any atom is 0.254 e. The van der Waals surface area contributed by atoms with Crippen LogP contribution in [0.2, 0.25) is 0 Å². The Bertz CT molecular complexity index is 899. The van der Waals surface area contributed by atoms with Crippen molar-refractivity contribution >= 4 is 17.7 Å². The number of carbonyl (C=O) groups is 1. The van der Waals surface area contributed by atoms with Gasteiger partial charge in [-0.2, -0.15) is 4.98 Å². The van der Waals surface area contributed by atoms with Gasteiger partial charge in [-0.05, 0) is 38.3 Å². The molecule has 8 heteroatoms. The average Bonchev–Trinajstić information content (AvgIpc) is 2.83. The van der Waals surface area contributed by atoms with Gasteiger partial charge in [0, 0.05) is 62.7 Å². The van der Waals surface area contributed by atoms with Crippen molar-refractivity contribution in [2.75, 3.05) is 63.3 Å². The van der Waals surface area contributed by atoms with E-state index in [1.54, 1.807) is 32.4 Å². The summed E-state index contributed by atoms with van der Waals surface area (Å²) in [4.78, 5) is 29.0. The van der Waals surface area contributed by atoms with Crippen molar-refractivity contribution in [3.63, 3.8) is 0 Å². The number of carbonyl (C=O) groups excluding carboxylic acids is 1. The first-order valence-corrected chi connectivity index (χ1v) is 11.0. The molecule has 4 rings (SSSR count). The minimum Gasteiger partial charge on any atom is -0.497 e. The molecule has 8 nitrogen and oxygen atoms in total. The summed E-state index contributed by atoms with van der Waals surface area (Å²) < 4.78 is 10.6. The van der Waals surface area contributed by atoms with E-state index >= 15 is 0 Å². The molecule has 3 heterocycles. The van der Waals surface area contributed by atoms with E-state index in [1.165, 1.54) is 19.3 Å². The highest BCUT2D eigenvalue weighted by Crippen LogP contribution is 2.25. The number of amides is 1. The largest absolute Gasteiger partial charge is 0.497 e. The number of rotatable bonds is 5. The van der Waals surface area contributed by atoms with Crippen molar-refractivity contribution in [2.45, 2.75) is 26.2 Å². The van der Waals surface area contributed by atoms with E-state index in [9.17, 15) is 4.79 Å². The summed E-state index contributed by atoms with van der Waals surface area (Å²) in [6.07, 6.45) is 3.73. The molecule has 31 heavy (non-hydrogen) atoms. The third-order valence-electron chi connectivity index (χ3n) is 5.96. The quantitative estimate of drug-likeness (QED) is 0.729. The van der Waals surface area contributed by atoms with E-state index in [4.69, 9.17) is 14.5 Å². The Morgan fingerprint density at radius 2 is 1.45 bits per heavy atom. The van der Waals surface area contributed by atoms with E-state index in [1.807, 2.05) is 11.8 Å². The summed E-state index contributed by atoms with van der Waals surface area (Å²) in [6.45, 7) is 6.79. The number of methoxy groups -OCH3 is 2. The highest BCUT2D eigenvalue weighted by atomic mass is 16.5. The van der Waals surface area contributed by atoms with Gasteiger partial charge in [-0.25, -0.2) is 4.98 Å². The van der Waals surface area contributed by atoms with Gasteiger partial charge in [-0.3, -0.25) is 4.79 Å². The minimum atomic E-state index is -0.0176. The van der Waals surface area contributed by atoms with E-state index in [2.05, 4.69) is 20.9 Å². The Kier molecular flexibility index (Phi) is 6.44. The first kappa shape index (κ1) is 21.2. The van der Waals surface area contributed by atoms with E-state index in [-0.39, 0.29) is 5.91 Å². The van der Waals surface area contributed by atoms with Crippen molar-refractivity contribution < 1.29 is 14.3 Å². The fourth-order valence-electron chi connectivity index (χ4n) is 4.19. The van der Waals surface area contributed by atoms with Gasteiger partial charge in [0.2, 0.25) is 5.95 Å². The number of benzene rings is 1. The monoisotopic (exact) mass is 425 g/mol. The zero-order valence-electron chi connectivity index (χ0n) is 18.6. The molecule has 2 aliphatic rings. The zero-order chi connectivity index (χ0) is 21.8. The summed E-state index contributed by atoms with van der Waals surface area (Å²) in [6, 6.07) is 7.35. The number of nitrogens with zero attached hydrogens (tertiary/aromatic N) is 5. The molecule has 0 N–H and O–H groups in total. The van der Waals surface area contributed by atoms with Gasteiger partial charge in [0.15, 0.2) is 0 Å². The Labute approximate surface area is 183 Å². The fourth-order valence-corrected chi connectivity index (χ4v) is 4.19. The Balaban J connectivity index is 1.44. The molecular weight excluding hydrogens is 394 g/mol. The van der Waals surface area contributed by atoms with Crippen LogP contribution in [0, 0.1) is 6.92 Å². The molecule has 1 amide bonds. The molecule has 2 aromatic rings. The van der Waals surface area contributed by atoms with Crippen LogP contribution in [0.4, 0.5) is 11.8 Å². The highest BCUT2D eigenvalue weighted by molar-refractivity contribution is 5.95. The molecule has 2 saturated heterocycles. The van der Waals surface area contributed by atoms with Crippen LogP contribution in [0.1, 0.15) is 35.3 Å². The van der Waals surface area contributed by atoms with Crippen LogP contribution in [0.25, 0.3) is 0 Å². The van der Waals surface area contributed by atoms with Crippen molar-refractivity contribution in [3.05, 3.63) is 35.5 Å². The average molecular weight is 426 g/mol. The number of hydrogen-bond acceptors (Lipinski definition) is 7. The molecular formula is C23H31N5O3. The van der Waals surface area contributed by atoms with Gasteiger partial charge in [0.05, 0.1) is 14.2 Å². The molecule has 0 aliphatic carbocycles. The third kappa shape index (κ3) is 4.84. The van der Waals surface area contributed by atoms with E-state index in [0.717, 1.165) is 30.5 Å². The molecule has 0 bridgehead atoms. The van der Waals surface area contributed by atoms with E-state index < -0.39 is 0 Å². The van der Waals surface area contributed by atoms with Crippen LogP contribution in [-0.2, 0) is 0 Å². The van der Waals surface area contributed by atoms with Gasteiger partial charge >= 0.3 is 0 Å². The van der Waals surface area contributed by atoms with Gasteiger partial charge < -0.3 is 24.2 Å². The molecule has 2 aliphatic heterocycles. The van der Waals surface area contributed by atoms with Crippen LogP contribution >= 0.6 is 0 Å². The lowest BCUT2D eigenvalue weighted by Gasteiger charge is -2.35. The molecule has 0 unspecified atom stereocenters. The van der Waals surface area contributed by atoms with Crippen molar-refractivity contribution in [3.8, 4) is 11.5 Å². The molecule has 1 aromatic carbocycles. The lowest BCUT2D eigenvalue weighted by atomic mass is 10.1. The maximum atomic E-state index is 13.1. The summed E-state index contributed by atoms with van der Waals surface area (Å²) in [7, 11) is 3.17. The molecule has 0 atom stereocenters. The third-order valence-corrected chi connectivity index (χ3v) is 5.96. The van der Waals surface area contributed by atoms with Crippen molar-refractivity contribution in [2.24, 2.45) is 0 Å². The summed E-state index contributed by atoms with van der Waals surface area (Å²) in [5.41, 5.74) is 1.55. The fraction of sp³-hybridized carbons (Fsp3) is 0.522. The predicted octanol–water partition coefficient (Wildman–Crippen LogP) is 2.75. The predicted molar refractivity (Wildman–Crippen MR) is 120 cm³/mol. The summed E-state index contributed by atoms with van der Waals surface area (Å²) in [5, 5.41) is 0. The molecule has 1 aromatic heterocycles. The second-order valence-corrected chi connectivity index (χ2v) is 8.10. The van der Waals surface area contributed by atoms with Crippen molar-refractivity contribution in [1.82, 2.24) is 14.9 Å². The van der Waals surface area contributed by atoms with Crippen LogP contribution in [0.15, 0.2) is 24.3 Å². The molecule has 0 spiro atoms. The smallest absolute Gasteiger partial charge is 0.254 e. The number of hydrogen-bond donors (Lipinski definition) is 0. The maximum absolute atomic E-state index is 13.1. The van der Waals surface area contributed by atoms with Crippen molar-refractivity contribution in [1.29, 1.82) is 0 Å². The molecule has 0 radical (unpaired) electrons. The zero-order valence-corrected chi connectivity index (χ0v) is 18.6. The van der Waals surface area contributed by atoms with Gasteiger partial charge in [0.1, 0.15) is 17.3 Å². The lowest BCUT2D eigenvalue weighted by molar-refractivity contribution is 0.0745. The second-order valence-electron chi connectivity index (χ2n) is 8.10. The Morgan fingerprint density at radius 3 is 2.06 bits per heavy atom. The van der Waals surface area contributed by atoms with Gasteiger partial charge in [-0.15, -0.1) is 0 Å². The number of ether oxygens (including phenoxy) is 2. The van der Waals surface area contributed by atoms with Crippen LogP contribution < -0.4 is 19.3 Å². The first-order chi connectivity index (χ1) is 15.1. The van der Waals surface area contributed by atoms with Crippen LogP contribution in [-0.4, -0.2) is 74.3 Å². The topological polar surface area (TPSA) is 71.0 Å². The number of piperazine rings is 1. The molecule has 0 saturated carbocycles. The van der Waals surface area contributed by atoms with Gasteiger partial charge in [-0.1, -0.05) is 0 Å². The molecule has 2 fully saturated rings. The summed E-state index contributed by atoms with van der Waals surface area (Å²) >= 11 is 0. The minimum absolute atomic E-state index is 0.0176. The SMILES string of the molecule is COc1cc(OC)cc(C(=O)N2CCN(c3nc(C)cc(N4CCCCC4)n3)CC2)c1. The molecule has 166 valence electrons. The standard InChI is InChI=1S/C23H31N5O3/c1-17-13-21(26-7-5-4-6-8-26)25-23(24-17)28-11-9-27(10-12-28)22(29)18-14-19(30-2)16-20(15-18)31-3/h13-16H,4-12H2,1-3H3.